The van der Waals surface area contributed by atoms with E-state index in [0.717, 1.165) is 25.7 Å². The molecule has 4 heteroatoms. The number of rotatable bonds is 2. The van der Waals surface area contributed by atoms with Gasteiger partial charge in [0.25, 0.3) is 0 Å². The SMILES string of the molecule is CCNC(=O)N[C@H]1CCCC[C@H]1O. The van der Waals surface area contributed by atoms with E-state index >= 15 is 0 Å². The maximum absolute atomic E-state index is 11.1. The molecule has 1 saturated carbocycles. The Morgan fingerprint density at radius 2 is 2.15 bits per heavy atom. The minimum atomic E-state index is -0.364. The molecule has 3 N–H and O–H groups in total. The highest BCUT2D eigenvalue weighted by Gasteiger charge is 2.23. The fourth-order valence-electron chi connectivity index (χ4n) is 1.66. The van der Waals surface area contributed by atoms with E-state index in [2.05, 4.69) is 10.6 Å². The summed E-state index contributed by atoms with van der Waals surface area (Å²) in [6, 6.07) is -0.228. The first-order valence-electron chi connectivity index (χ1n) is 4.96. The minimum absolute atomic E-state index is 0.0553. The fraction of sp³-hybridized carbons (Fsp3) is 0.889. The van der Waals surface area contributed by atoms with Gasteiger partial charge in [-0.2, -0.15) is 0 Å². The topological polar surface area (TPSA) is 61.4 Å². The van der Waals surface area contributed by atoms with Crippen molar-refractivity contribution in [2.45, 2.75) is 44.8 Å². The van der Waals surface area contributed by atoms with Gasteiger partial charge >= 0.3 is 6.03 Å². The van der Waals surface area contributed by atoms with Crippen molar-refractivity contribution in [3.63, 3.8) is 0 Å². The standard InChI is InChI=1S/C9H18N2O2/c1-2-10-9(13)11-7-5-3-4-6-8(7)12/h7-8,12H,2-6H2,1H3,(H2,10,11,13)/t7-,8+/m0/s1. The summed E-state index contributed by atoms with van der Waals surface area (Å²) in [7, 11) is 0. The van der Waals surface area contributed by atoms with Crippen LogP contribution in [0.3, 0.4) is 0 Å². The number of carbonyl (C=O) groups excluding carboxylic acids is 1. The second kappa shape index (κ2) is 5.07. The van der Waals surface area contributed by atoms with Crippen molar-refractivity contribution in [2.24, 2.45) is 0 Å². The van der Waals surface area contributed by atoms with Gasteiger partial charge in [0.1, 0.15) is 0 Å². The van der Waals surface area contributed by atoms with Crippen LogP contribution in [0.2, 0.25) is 0 Å². The Morgan fingerprint density at radius 1 is 1.46 bits per heavy atom. The van der Waals surface area contributed by atoms with Gasteiger partial charge in [-0.3, -0.25) is 0 Å². The predicted molar refractivity (Wildman–Crippen MR) is 50.5 cm³/mol. The lowest BCUT2D eigenvalue weighted by molar-refractivity contribution is 0.0944. The van der Waals surface area contributed by atoms with Crippen molar-refractivity contribution in [2.75, 3.05) is 6.54 Å². The molecule has 13 heavy (non-hydrogen) atoms. The highest BCUT2D eigenvalue weighted by molar-refractivity contribution is 5.74. The number of hydrogen-bond acceptors (Lipinski definition) is 2. The molecule has 0 bridgehead atoms. The maximum Gasteiger partial charge on any atom is 0.315 e. The summed E-state index contributed by atoms with van der Waals surface area (Å²) in [6.07, 6.45) is 3.48. The number of hydrogen-bond donors (Lipinski definition) is 3. The first kappa shape index (κ1) is 10.3. The summed E-state index contributed by atoms with van der Waals surface area (Å²) in [4.78, 5) is 11.1. The van der Waals surface area contributed by atoms with Crippen LogP contribution in [0.25, 0.3) is 0 Å². The zero-order valence-electron chi connectivity index (χ0n) is 8.05. The van der Waals surface area contributed by atoms with Crippen LogP contribution in [0.1, 0.15) is 32.6 Å². The van der Waals surface area contributed by atoms with Crippen LogP contribution in [-0.4, -0.2) is 29.8 Å². The molecule has 0 aromatic heterocycles. The van der Waals surface area contributed by atoms with E-state index in [9.17, 15) is 9.90 Å². The first-order valence-corrected chi connectivity index (χ1v) is 4.96. The first-order chi connectivity index (χ1) is 6.24. The van der Waals surface area contributed by atoms with Crippen molar-refractivity contribution in [1.29, 1.82) is 0 Å². The van der Waals surface area contributed by atoms with E-state index in [1.807, 2.05) is 6.92 Å². The predicted octanol–water partition coefficient (Wildman–Crippen LogP) is 0.609. The summed E-state index contributed by atoms with van der Waals surface area (Å²) >= 11 is 0. The third kappa shape index (κ3) is 3.22. The van der Waals surface area contributed by atoms with Gasteiger partial charge in [-0.15, -0.1) is 0 Å². The van der Waals surface area contributed by atoms with Crippen LogP contribution in [0.4, 0.5) is 4.79 Å². The van der Waals surface area contributed by atoms with Crippen LogP contribution in [0, 0.1) is 0 Å². The Labute approximate surface area is 78.7 Å². The molecule has 1 rings (SSSR count). The summed E-state index contributed by atoms with van der Waals surface area (Å²) in [5.41, 5.74) is 0. The minimum Gasteiger partial charge on any atom is -0.391 e. The molecule has 0 heterocycles. The number of aliphatic hydroxyl groups excluding tert-OH is 1. The summed E-state index contributed by atoms with van der Waals surface area (Å²) in [5.74, 6) is 0. The summed E-state index contributed by atoms with van der Waals surface area (Å²) in [6.45, 7) is 2.49. The largest absolute Gasteiger partial charge is 0.391 e. The Kier molecular flexibility index (Phi) is 4.02. The number of urea groups is 1. The van der Waals surface area contributed by atoms with Gasteiger partial charge in [-0.25, -0.2) is 4.79 Å². The van der Waals surface area contributed by atoms with Crippen molar-refractivity contribution < 1.29 is 9.90 Å². The number of carbonyl (C=O) groups is 1. The highest BCUT2D eigenvalue weighted by Crippen LogP contribution is 2.17. The maximum atomic E-state index is 11.1. The van der Waals surface area contributed by atoms with Crippen LogP contribution in [0.15, 0.2) is 0 Å². The molecule has 1 aliphatic rings. The Balaban J connectivity index is 2.29. The van der Waals surface area contributed by atoms with Crippen molar-refractivity contribution in [3.05, 3.63) is 0 Å². The lowest BCUT2D eigenvalue weighted by atomic mass is 9.93. The number of aliphatic hydroxyl groups is 1. The molecule has 0 radical (unpaired) electrons. The number of nitrogens with one attached hydrogen (secondary N) is 2. The third-order valence-corrected chi connectivity index (χ3v) is 2.38. The van der Waals surface area contributed by atoms with Crippen LogP contribution < -0.4 is 10.6 Å². The van der Waals surface area contributed by atoms with Gasteiger partial charge in [-0.1, -0.05) is 12.8 Å². The summed E-state index contributed by atoms with van der Waals surface area (Å²) in [5, 5.41) is 15.0. The van der Waals surface area contributed by atoms with Gasteiger partial charge in [-0.05, 0) is 19.8 Å². The number of amides is 2. The Morgan fingerprint density at radius 3 is 2.77 bits per heavy atom. The molecule has 2 atom stereocenters. The third-order valence-electron chi connectivity index (χ3n) is 2.38. The van der Waals surface area contributed by atoms with Gasteiger partial charge in [0.05, 0.1) is 12.1 Å². The Hall–Kier alpha value is -0.770. The molecule has 1 fully saturated rings. The van der Waals surface area contributed by atoms with E-state index in [0.29, 0.717) is 6.54 Å². The van der Waals surface area contributed by atoms with Crippen LogP contribution in [-0.2, 0) is 0 Å². The normalized spacial score (nSPS) is 28.2. The van der Waals surface area contributed by atoms with Crippen molar-refractivity contribution >= 4 is 6.03 Å². The van der Waals surface area contributed by atoms with Gasteiger partial charge in [0, 0.05) is 6.54 Å². The second-order valence-corrected chi connectivity index (χ2v) is 3.46. The zero-order chi connectivity index (χ0) is 9.68. The van der Waals surface area contributed by atoms with E-state index in [-0.39, 0.29) is 18.2 Å². The Bertz CT molecular complexity index is 173. The molecule has 0 aliphatic heterocycles. The molecular weight excluding hydrogens is 168 g/mol. The monoisotopic (exact) mass is 186 g/mol. The van der Waals surface area contributed by atoms with Crippen molar-refractivity contribution in [3.8, 4) is 0 Å². The molecule has 4 nitrogen and oxygen atoms in total. The van der Waals surface area contributed by atoms with Crippen LogP contribution in [0.5, 0.6) is 0 Å². The molecule has 76 valence electrons. The van der Waals surface area contributed by atoms with Gasteiger partial charge < -0.3 is 15.7 Å². The zero-order valence-corrected chi connectivity index (χ0v) is 8.05. The lowest BCUT2D eigenvalue weighted by Gasteiger charge is -2.28. The molecule has 0 aromatic carbocycles. The smallest absolute Gasteiger partial charge is 0.315 e. The fourth-order valence-corrected chi connectivity index (χ4v) is 1.66. The molecule has 0 spiro atoms. The quantitative estimate of drug-likeness (QED) is 0.591. The molecule has 0 aromatic rings. The molecule has 0 unspecified atom stereocenters. The average molecular weight is 186 g/mol. The van der Waals surface area contributed by atoms with Crippen molar-refractivity contribution in [1.82, 2.24) is 10.6 Å². The van der Waals surface area contributed by atoms with Gasteiger partial charge in [0.15, 0.2) is 0 Å². The van der Waals surface area contributed by atoms with Crippen LogP contribution >= 0.6 is 0 Å². The summed E-state index contributed by atoms with van der Waals surface area (Å²) < 4.78 is 0. The molecule has 0 saturated heterocycles. The van der Waals surface area contributed by atoms with E-state index in [1.165, 1.54) is 0 Å². The van der Waals surface area contributed by atoms with E-state index in [4.69, 9.17) is 0 Å². The second-order valence-electron chi connectivity index (χ2n) is 3.46. The molecular formula is C9H18N2O2. The lowest BCUT2D eigenvalue weighted by Crippen LogP contribution is -2.48. The molecule has 2 amide bonds. The van der Waals surface area contributed by atoms with Gasteiger partial charge in [0.2, 0.25) is 0 Å². The highest BCUT2D eigenvalue weighted by atomic mass is 16.3. The van der Waals surface area contributed by atoms with E-state index in [1.54, 1.807) is 0 Å². The van der Waals surface area contributed by atoms with E-state index < -0.39 is 0 Å². The average Bonchev–Trinajstić information content (AvgIpc) is 2.09. The molecule has 1 aliphatic carbocycles.